The highest BCUT2D eigenvalue weighted by Gasteiger charge is 2.70. The number of halogens is 5. The zero-order chi connectivity index (χ0) is 22.0. The Labute approximate surface area is 177 Å². The third kappa shape index (κ3) is 4.38. The van der Waals surface area contributed by atoms with Gasteiger partial charge in [-0.3, -0.25) is 0 Å². The van der Waals surface area contributed by atoms with Crippen LogP contribution in [0.2, 0.25) is 0 Å². The largest absolute Gasteiger partial charge is 0.432 e. The van der Waals surface area contributed by atoms with E-state index in [9.17, 15) is 18.1 Å². The Balaban J connectivity index is 2.52. The molecule has 160 valence electrons. The lowest BCUT2D eigenvalue weighted by Crippen LogP contribution is -2.57. The van der Waals surface area contributed by atoms with Crippen LogP contribution < -0.4 is 5.43 Å². The molecule has 1 heterocycles. The van der Waals surface area contributed by atoms with Gasteiger partial charge >= 0.3 is 6.18 Å². The van der Waals surface area contributed by atoms with Crippen molar-refractivity contribution in [2.75, 3.05) is 0 Å². The van der Waals surface area contributed by atoms with Gasteiger partial charge in [0.2, 0.25) is 5.60 Å². The van der Waals surface area contributed by atoms with Gasteiger partial charge in [0.25, 0.3) is 0 Å². The molecule has 29 heavy (non-hydrogen) atoms. The second kappa shape index (κ2) is 8.52. The van der Waals surface area contributed by atoms with Gasteiger partial charge < -0.3 is 4.84 Å². The quantitative estimate of drug-likeness (QED) is 0.268. The molecule has 0 aromatic rings. The van der Waals surface area contributed by atoms with Gasteiger partial charge in [0.15, 0.2) is 0 Å². The normalized spacial score (nSPS) is 27.9. The predicted octanol–water partition coefficient (Wildman–Crippen LogP) is 6.62. The van der Waals surface area contributed by atoms with Crippen LogP contribution in [0.4, 0.5) is 13.2 Å². The van der Waals surface area contributed by atoms with Crippen molar-refractivity contribution >= 4 is 28.9 Å². The SMILES string of the molecule is C=C(NN=O)/C(C)=C(\CCC)C1=NOC(C(F)(F)F)(C2(C)C=C(Cl)C=C(Cl)C2)C1. The molecule has 0 amide bonds. The Bertz CT molecular complexity index is 833. The number of nitrogens with zero attached hydrogens (tertiary/aromatic N) is 2. The highest BCUT2D eigenvalue weighted by molar-refractivity contribution is 6.35. The Hall–Kier alpha value is -1.80. The zero-order valence-electron chi connectivity index (χ0n) is 16.3. The number of oxime groups is 1. The molecule has 10 heteroatoms. The fraction of sp³-hybridized carbons (Fsp3) is 0.526. The van der Waals surface area contributed by atoms with Crippen molar-refractivity contribution in [2.45, 2.75) is 58.2 Å². The van der Waals surface area contributed by atoms with E-state index in [1.165, 1.54) is 19.1 Å². The smallest absolute Gasteiger partial charge is 0.378 e. The van der Waals surface area contributed by atoms with Crippen LogP contribution in [-0.2, 0) is 4.84 Å². The van der Waals surface area contributed by atoms with Gasteiger partial charge in [0.05, 0.1) is 16.7 Å². The summed E-state index contributed by atoms with van der Waals surface area (Å²) < 4.78 is 43.1. The minimum atomic E-state index is -4.75. The molecule has 1 aliphatic carbocycles. The van der Waals surface area contributed by atoms with Gasteiger partial charge in [-0.15, -0.1) is 4.91 Å². The van der Waals surface area contributed by atoms with Gasteiger partial charge in [-0.25, -0.2) is 5.43 Å². The molecule has 0 aromatic heterocycles. The summed E-state index contributed by atoms with van der Waals surface area (Å²) in [6.07, 6.45) is -1.56. The average Bonchev–Trinajstić information content (AvgIpc) is 3.05. The van der Waals surface area contributed by atoms with Crippen LogP contribution in [0.5, 0.6) is 0 Å². The minimum absolute atomic E-state index is 0.0950. The first-order chi connectivity index (χ1) is 13.4. The topological polar surface area (TPSA) is 63.0 Å². The molecular formula is C19H22Cl2F3N3O2. The van der Waals surface area contributed by atoms with Crippen LogP contribution in [0.1, 0.15) is 46.5 Å². The molecule has 0 fully saturated rings. The maximum Gasteiger partial charge on any atom is 0.432 e. The van der Waals surface area contributed by atoms with Gasteiger partial charge in [0, 0.05) is 21.9 Å². The van der Waals surface area contributed by atoms with E-state index >= 15 is 0 Å². The molecule has 0 aromatic carbocycles. The molecule has 1 N–H and O–H groups in total. The monoisotopic (exact) mass is 451 g/mol. The van der Waals surface area contributed by atoms with Gasteiger partial charge in [-0.05, 0) is 37.0 Å². The fourth-order valence-electron chi connectivity index (χ4n) is 3.70. The maximum atomic E-state index is 14.4. The molecule has 0 saturated heterocycles. The number of nitroso groups, excluding NO2 is 1. The first kappa shape index (κ1) is 23.5. The number of rotatable bonds is 7. The number of hydrogen-bond donors (Lipinski definition) is 1. The number of alkyl halides is 3. The van der Waals surface area contributed by atoms with Crippen molar-refractivity contribution < 1.29 is 18.0 Å². The molecule has 0 spiro atoms. The lowest BCUT2D eigenvalue weighted by Gasteiger charge is -2.44. The molecule has 2 atom stereocenters. The van der Waals surface area contributed by atoms with E-state index < -0.39 is 23.6 Å². The molecule has 0 bridgehead atoms. The molecule has 2 unspecified atom stereocenters. The van der Waals surface area contributed by atoms with Crippen molar-refractivity contribution in [3.63, 3.8) is 0 Å². The number of allylic oxidation sites excluding steroid dienone is 5. The van der Waals surface area contributed by atoms with Crippen LogP contribution in [0, 0.1) is 10.3 Å². The van der Waals surface area contributed by atoms with Crippen LogP contribution >= 0.6 is 23.2 Å². The Morgan fingerprint density at radius 1 is 1.41 bits per heavy atom. The molecule has 2 aliphatic rings. The van der Waals surface area contributed by atoms with Crippen molar-refractivity contribution in [2.24, 2.45) is 15.9 Å². The van der Waals surface area contributed by atoms with Crippen LogP contribution in [0.25, 0.3) is 0 Å². The molecule has 0 saturated carbocycles. The van der Waals surface area contributed by atoms with E-state index in [-0.39, 0.29) is 27.9 Å². The predicted molar refractivity (Wildman–Crippen MR) is 108 cm³/mol. The average molecular weight is 452 g/mol. The lowest BCUT2D eigenvalue weighted by atomic mass is 9.66. The second-order valence-corrected chi connectivity index (χ2v) is 8.30. The number of nitrogens with one attached hydrogen (secondary N) is 1. The van der Waals surface area contributed by atoms with Gasteiger partial charge in [0.1, 0.15) is 0 Å². The molecule has 5 nitrogen and oxygen atoms in total. The van der Waals surface area contributed by atoms with Crippen LogP contribution in [0.15, 0.2) is 56.1 Å². The Kier molecular flexibility index (Phi) is 6.89. The summed E-state index contributed by atoms with van der Waals surface area (Å²) in [6.45, 7) is 8.62. The third-order valence-corrected chi connectivity index (χ3v) is 5.79. The molecule has 1 aliphatic heterocycles. The van der Waals surface area contributed by atoms with Gasteiger partial charge in [-0.1, -0.05) is 61.3 Å². The second-order valence-electron chi connectivity index (χ2n) is 7.38. The number of hydrogen-bond acceptors (Lipinski definition) is 4. The van der Waals surface area contributed by atoms with E-state index in [1.807, 2.05) is 6.92 Å². The molecular weight excluding hydrogens is 430 g/mol. The highest BCUT2D eigenvalue weighted by Crippen LogP contribution is 2.57. The summed E-state index contributed by atoms with van der Waals surface area (Å²) in [4.78, 5) is 15.7. The lowest BCUT2D eigenvalue weighted by molar-refractivity contribution is -0.300. The molecule has 0 radical (unpaired) electrons. The van der Waals surface area contributed by atoms with Crippen LogP contribution in [-0.4, -0.2) is 17.5 Å². The van der Waals surface area contributed by atoms with Gasteiger partial charge in [-0.2, -0.15) is 13.2 Å². The molecule has 2 rings (SSSR count). The summed E-state index contributed by atoms with van der Waals surface area (Å²) in [5.41, 5.74) is -0.665. The third-order valence-electron chi connectivity index (χ3n) is 5.33. The van der Waals surface area contributed by atoms with E-state index in [0.29, 0.717) is 24.0 Å². The van der Waals surface area contributed by atoms with Crippen molar-refractivity contribution in [1.82, 2.24) is 5.43 Å². The maximum absolute atomic E-state index is 14.4. The van der Waals surface area contributed by atoms with E-state index in [1.54, 1.807) is 6.92 Å². The summed E-state index contributed by atoms with van der Waals surface area (Å²) in [5.74, 6) is 0. The summed E-state index contributed by atoms with van der Waals surface area (Å²) in [7, 11) is 0. The highest BCUT2D eigenvalue weighted by atomic mass is 35.5. The van der Waals surface area contributed by atoms with Crippen molar-refractivity contribution in [3.8, 4) is 0 Å². The standard InChI is InChI=1S/C19H22Cl2F3N3O2/c1-5-6-15(11(2)12(3)25-27-28)16-10-18(29-26-16,19(22,23)24)17(4)8-13(20)7-14(21)9-17/h7-8H,3,5-6,9-10H2,1-2,4H3,(H,25,28)/b15-11+. The zero-order valence-corrected chi connectivity index (χ0v) is 17.8. The summed E-state index contributed by atoms with van der Waals surface area (Å²) >= 11 is 12.1. The fourth-order valence-corrected chi connectivity index (χ4v) is 4.53. The first-order valence-corrected chi connectivity index (χ1v) is 9.70. The van der Waals surface area contributed by atoms with Crippen molar-refractivity contribution in [1.29, 1.82) is 0 Å². The van der Waals surface area contributed by atoms with E-state index in [4.69, 9.17) is 28.0 Å². The van der Waals surface area contributed by atoms with E-state index in [2.05, 4.69) is 22.4 Å². The summed E-state index contributed by atoms with van der Waals surface area (Å²) in [5, 5.41) is 6.72. The first-order valence-electron chi connectivity index (χ1n) is 8.94. The Morgan fingerprint density at radius 3 is 2.59 bits per heavy atom. The minimum Gasteiger partial charge on any atom is -0.378 e. The van der Waals surface area contributed by atoms with Crippen LogP contribution in [0.3, 0.4) is 0 Å². The van der Waals surface area contributed by atoms with E-state index in [0.717, 1.165) is 0 Å². The Morgan fingerprint density at radius 2 is 2.07 bits per heavy atom. The summed E-state index contributed by atoms with van der Waals surface area (Å²) in [6, 6.07) is 0. The van der Waals surface area contributed by atoms with Crippen molar-refractivity contribution in [3.05, 3.63) is 50.5 Å².